The first-order chi connectivity index (χ1) is 14.1. The molecule has 1 atom stereocenters. The average molecular weight is 399 g/mol. The van der Waals surface area contributed by atoms with Crippen LogP contribution < -0.4 is 14.4 Å². The number of ether oxygens (including phenoxy) is 2. The van der Waals surface area contributed by atoms with Crippen LogP contribution in [0.3, 0.4) is 0 Å². The lowest BCUT2D eigenvalue weighted by Gasteiger charge is -2.36. The van der Waals surface area contributed by atoms with Crippen LogP contribution in [0.15, 0.2) is 48.5 Å². The number of carbonyl (C=O) groups is 1. The minimum atomic E-state index is -0.556. The monoisotopic (exact) mass is 398 g/mol. The van der Waals surface area contributed by atoms with E-state index in [-0.39, 0.29) is 12.4 Å². The van der Waals surface area contributed by atoms with Gasteiger partial charge in [-0.15, -0.1) is 0 Å². The molecule has 0 unspecified atom stereocenters. The van der Waals surface area contributed by atoms with E-state index in [4.69, 9.17) is 9.47 Å². The number of rotatable bonds is 9. The van der Waals surface area contributed by atoms with Crippen molar-refractivity contribution in [1.29, 1.82) is 0 Å². The van der Waals surface area contributed by atoms with Crippen LogP contribution in [-0.2, 0) is 0 Å². The Morgan fingerprint density at radius 2 is 1.62 bits per heavy atom. The van der Waals surface area contributed by atoms with Crippen molar-refractivity contribution in [3.8, 4) is 11.5 Å². The fourth-order valence-electron chi connectivity index (χ4n) is 3.47. The first-order valence-corrected chi connectivity index (χ1v) is 10.1. The molecule has 1 saturated heterocycles. The Bertz CT molecular complexity index is 768. The molecular weight excluding hydrogens is 368 g/mol. The van der Waals surface area contributed by atoms with Crippen molar-refractivity contribution in [2.75, 3.05) is 51.3 Å². The second kappa shape index (κ2) is 10.3. The molecule has 0 bridgehead atoms. The van der Waals surface area contributed by atoms with Crippen molar-refractivity contribution in [2.45, 2.75) is 19.4 Å². The highest BCUT2D eigenvalue weighted by Gasteiger charge is 2.20. The Hall–Kier alpha value is -2.57. The SMILES string of the molecule is CCC(=O)c1ccc(OC[C@@H](O)CN2CCN(c3ccc(OC)cc3)CC2)cc1. The van der Waals surface area contributed by atoms with E-state index in [0.29, 0.717) is 24.3 Å². The lowest BCUT2D eigenvalue weighted by atomic mass is 10.1. The second-order valence-corrected chi connectivity index (χ2v) is 7.25. The normalized spacial score (nSPS) is 15.8. The summed E-state index contributed by atoms with van der Waals surface area (Å²) in [6, 6.07) is 15.2. The van der Waals surface area contributed by atoms with Crippen molar-refractivity contribution in [3.63, 3.8) is 0 Å². The van der Waals surface area contributed by atoms with E-state index in [0.717, 1.165) is 31.9 Å². The molecule has 1 heterocycles. The maximum atomic E-state index is 11.7. The van der Waals surface area contributed by atoms with E-state index in [1.807, 2.05) is 19.1 Å². The summed E-state index contributed by atoms with van der Waals surface area (Å²) in [5.41, 5.74) is 1.88. The topological polar surface area (TPSA) is 62.2 Å². The number of benzene rings is 2. The molecular formula is C23H30N2O4. The summed E-state index contributed by atoms with van der Waals surface area (Å²) in [5, 5.41) is 10.3. The highest BCUT2D eigenvalue weighted by molar-refractivity contribution is 5.95. The van der Waals surface area contributed by atoms with Crippen LogP contribution in [0, 0.1) is 0 Å². The van der Waals surface area contributed by atoms with Gasteiger partial charge < -0.3 is 19.5 Å². The number of β-amino-alcohol motifs (C(OH)–C–C–N with tert-alkyl or cyclic N) is 1. The fourth-order valence-corrected chi connectivity index (χ4v) is 3.47. The summed E-state index contributed by atoms with van der Waals surface area (Å²) in [6.45, 7) is 6.32. The predicted molar refractivity (Wildman–Crippen MR) is 114 cm³/mol. The number of hydrogen-bond acceptors (Lipinski definition) is 6. The van der Waals surface area contributed by atoms with Crippen LogP contribution in [0.25, 0.3) is 0 Å². The number of aliphatic hydroxyl groups excluding tert-OH is 1. The zero-order chi connectivity index (χ0) is 20.6. The van der Waals surface area contributed by atoms with Gasteiger partial charge in [-0.3, -0.25) is 9.69 Å². The molecule has 0 saturated carbocycles. The number of carbonyl (C=O) groups excluding carboxylic acids is 1. The number of piperazine rings is 1. The van der Waals surface area contributed by atoms with Crippen LogP contribution in [0.1, 0.15) is 23.7 Å². The highest BCUT2D eigenvalue weighted by Crippen LogP contribution is 2.20. The number of ketones is 1. The van der Waals surface area contributed by atoms with Crippen molar-refractivity contribution >= 4 is 11.5 Å². The van der Waals surface area contributed by atoms with Crippen LogP contribution in [0.2, 0.25) is 0 Å². The zero-order valence-electron chi connectivity index (χ0n) is 17.2. The molecule has 1 fully saturated rings. The molecule has 0 amide bonds. The number of hydrogen-bond donors (Lipinski definition) is 1. The predicted octanol–water partition coefficient (Wildman–Crippen LogP) is 2.85. The number of aliphatic hydroxyl groups is 1. The summed E-state index contributed by atoms with van der Waals surface area (Å²) < 4.78 is 10.9. The van der Waals surface area contributed by atoms with Gasteiger partial charge in [0.1, 0.15) is 24.2 Å². The minimum Gasteiger partial charge on any atom is -0.497 e. The molecule has 6 nitrogen and oxygen atoms in total. The molecule has 1 aliphatic heterocycles. The summed E-state index contributed by atoms with van der Waals surface area (Å²) in [6.07, 6.45) is -0.0653. The van der Waals surface area contributed by atoms with E-state index >= 15 is 0 Å². The Morgan fingerprint density at radius 1 is 1.00 bits per heavy atom. The standard InChI is InChI=1S/C23H30N2O4/c1-3-23(27)18-4-8-22(9-5-18)29-17-20(26)16-24-12-14-25(15-13-24)19-6-10-21(28-2)11-7-19/h4-11,20,26H,3,12-17H2,1-2H3/t20-/m0/s1. The maximum Gasteiger partial charge on any atom is 0.162 e. The van der Waals surface area contributed by atoms with Crippen molar-refractivity contribution in [2.24, 2.45) is 0 Å². The van der Waals surface area contributed by atoms with Gasteiger partial charge in [-0.1, -0.05) is 6.92 Å². The van der Waals surface area contributed by atoms with Gasteiger partial charge in [0.15, 0.2) is 5.78 Å². The molecule has 2 aromatic rings. The lowest BCUT2D eigenvalue weighted by molar-refractivity contribution is 0.0663. The zero-order valence-corrected chi connectivity index (χ0v) is 17.2. The van der Waals surface area contributed by atoms with E-state index in [1.54, 1.807) is 31.4 Å². The number of anilines is 1. The second-order valence-electron chi connectivity index (χ2n) is 7.25. The molecule has 2 aromatic carbocycles. The third kappa shape index (κ3) is 5.95. The number of nitrogens with zero attached hydrogens (tertiary/aromatic N) is 2. The number of methoxy groups -OCH3 is 1. The quantitative estimate of drug-likeness (QED) is 0.656. The van der Waals surface area contributed by atoms with Crippen LogP contribution >= 0.6 is 0 Å². The van der Waals surface area contributed by atoms with Crippen molar-refractivity contribution in [1.82, 2.24) is 4.90 Å². The van der Waals surface area contributed by atoms with E-state index in [1.165, 1.54) is 5.69 Å². The molecule has 6 heteroatoms. The average Bonchev–Trinajstić information content (AvgIpc) is 2.78. The smallest absolute Gasteiger partial charge is 0.162 e. The molecule has 29 heavy (non-hydrogen) atoms. The largest absolute Gasteiger partial charge is 0.497 e. The Morgan fingerprint density at radius 3 is 2.21 bits per heavy atom. The molecule has 0 radical (unpaired) electrons. The van der Waals surface area contributed by atoms with E-state index in [2.05, 4.69) is 21.9 Å². The summed E-state index contributed by atoms with van der Waals surface area (Å²) in [7, 11) is 1.67. The van der Waals surface area contributed by atoms with Gasteiger partial charge in [-0.25, -0.2) is 0 Å². The number of Topliss-reactive ketones (excluding diaryl/α,β-unsaturated/α-hetero) is 1. The first-order valence-electron chi connectivity index (χ1n) is 10.1. The fraction of sp³-hybridized carbons (Fsp3) is 0.435. The molecule has 3 rings (SSSR count). The third-order valence-corrected chi connectivity index (χ3v) is 5.22. The Kier molecular flexibility index (Phi) is 7.49. The minimum absolute atomic E-state index is 0.116. The van der Waals surface area contributed by atoms with E-state index in [9.17, 15) is 9.90 Å². The third-order valence-electron chi connectivity index (χ3n) is 5.22. The van der Waals surface area contributed by atoms with Crippen LogP contribution in [0.4, 0.5) is 5.69 Å². The molecule has 1 aliphatic rings. The first kappa shape index (κ1) is 21.1. The Labute approximate surface area is 172 Å². The Balaban J connectivity index is 1.40. The summed E-state index contributed by atoms with van der Waals surface area (Å²) in [5.74, 6) is 1.65. The summed E-state index contributed by atoms with van der Waals surface area (Å²) >= 11 is 0. The van der Waals surface area contributed by atoms with Gasteiger partial charge in [0.2, 0.25) is 0 Å². The molecule has 156 valence electrons. The van der Waals surface area contributed by atoms with Crippen LogP contribution in [-0.4, -0.2) is 68.3 Å². The van der Waals surface area contributed by atoms with Crippen LogP contribution in [0.5, 0.6) is 11.5 Å². The molecule has 0 spiro atoms. The van der Waals surface area contributed by atoms with Gasteiger partial charge in [0.25, 0.3) is 0 Å². The summed E-state index contributed by atoms with van der Waals surface area (Å²) in [4.78, 5) is 16.3. The van der Waals surface area contributed by atoms with Gasteiger partial charge in [0, 0.05) is 50.4 Å². The molecule has 0 aromatic heterocycles. The maximum absolute atomic E-state index is 11.7. The van der Waals surface area contributed by atoms with Gasteiger partial charge in [0.05, 0.1) is 7.11 Å². The lowest BCUT2D eigenvalue weighted by Crippen LogP contribution is -2.49. The van der Waals surface area contributed by atoms with Crippen molar-refractivity contribution < 1.29 is 19.4 Å². The van der Waals surface area contributed by atoms with Crippen molar-refractivity contribution in [3.05, 3.63) is 54.1 Å². The molecule has 1 N–H and O–H groups in total. The molecule has 0 aliphatic carbocycles. The van der Waals surface area contributed by atoms with Gasteiger partial charge in [-0.2, -0.15) is 0 Å². The highest BCUT2D eigenvalue weighted by atomic mass is 16.5. The van der Waals surface area contributed by atoms with Gasteiger partial charge >= 0.3 is 0 Å². The van der Waals surface area contributed by atoms with E-state index < -0.39 is 6.10 Å². The van der Waals surface area contributed by atoms with Gasteiger partial charge in [-0.05, 0) is 48.5 Å².